The highest BCUT2D eigenvalue weighted by molar-refractivity contribution is 5.87. The van der Waals surface area contributed by atoms with Gasteiger partial charge in [-0.15, -0.1) is 0 Å². The molecule has 1 rings (SSSR count). The molecule has 0 heterocycles. The van der Waals surface area contributed by atoms with Gasteiger partial charge < -0.3 is 11.1 Å². The van der Waals surface area contributed by atoms with Crippen LogP contribution in [-0.2, 0) is 5.41 Å². The average Bonchev–Trinajstić information content (AvgIpc) is 2.02. The van der Waals surface area contributed by atoms with E-state index in [1.165, 1.54) is 5.56 Å². The zero-order valence-electron chi connectivity index (χ0n) is 8.79. The molecule has 0 aromatic heterocycles. The summed E-state index contributed by atoms with van der Waals surface area (Å²) in [7, 11) is 0. The van der Waals surface area contributed by atoms with E-state index in [0.29, 0.717) is 0 Å². The molecule has 0 saturated heterocycles. The quantitative estimate of drug-likeness (QED) is 0.712. The first-order valence-electron chi connectivity index (χ1n) is 4.56. The van der Waals surface area contributed by atoms with Crippen molar-refractivity contribution in [3.63, 3.8) is 0 Å². The van der Waals surface area contributed by atoms with Crippen molar-refractivity contribution in [2.75, 3.05) is 5.32 Å². The van der Waals surface area contributed by atoms with Gasteiger partial charge in [-0.3, -0.25) is 0 Å². The van der Waals surface area contributed by atoms with Crippen molar-refractivity contribution < 1.29 is 7.65 Å². The summed E-state index contributed by atoms with van der Waals surface area (Å²) in [5.41, 5.74) is 7.08. The molecule has 2 amide bonds. The second-order valence-corrected chi connectivity index (χ2v) is 4.32. The van der Waals surface area contributed by atoms with Gasteiger partial charge in [0.05, 0.1) is 0 Å². The number of nitrogens with one attached hydrogen (secondary N) is 1. The van der Waals surface area contributed by atoms with Crippen LogP contribution in [0.25, 0.3) is 0 Å². The number of nitrogens with two attached hydrogens (primary N) is 1. The highest BCUT2D eigenvalue weighted by Crippen LogP contribution is 2.23. The van der Waals surface area contributed by atoms with E-state index in [1.807, 2.05) is 24.3 Å². The molecule has 0 aliphatic carbocycles. The Bertz CT molecular complexity index is 331. The number of urea groups is 1. The predicted octanol–water partition coefficient (Wildman–Crippen LogP) is 2.97. The van der Waals surface area contributed by atoms with E-state index in [1.54, 1.807) is 0 Å². The molecule has 3 heteroatoms. The average molecular weight is 196 g/mol. The van der Waals surface area contributed by atoms with Crippen LogP contribution in [0.15, 0.2) is 24.3 Å². The fraction of sp³-hybridized carbons (Fsp3) is 0.364. The molecule has 0 unspecified atom stereocenters. The number of carbonyl (C=O) groups is 1. The molecular formula is C11H20N2O. The molecule has 0 bridgehead atoms. The van der Waals surface area contributed by atoms with Crippen molar-refractivity contribution >= 4 is 11.7 Å². The molecule has 0 spiro atoms. The van der Waals surface area contributed by atoms with Gasteiger partial charge >= 0.3 is 6.03 Å². The van der Waals surface area contributed by atoms with Gasteiger partial charge in [0, 0.05) is 8.54 Å². The Kier molecular flexibility index (Phi) is 2.79. The van der Waals surface area contributed by atoms with Gasteiger partial charge in [-0.05, 0) is 23.1 Å². The monoisotopic (exact) mass is 196 g/mol. The summed E-state index contributed by atoms with van der Waals surface area (Å²) in [6.07, 6.45) is 0. The van der Waals surface area contributed by atoms with E-state index in [2.05, 4.69) is 26.1 Å². The maximum Gasteiger partial charge on any atom is 0.316 e. The molecule has 0 aliphatic rings. The van der Waals surface area contributed by atoms with Crippen molar-refractivity contribution in [3.8, 4) is 0 Å². The van der Waals surface area contributed by atoms with Crippen LogP contribution >= 0.6 is 0 Å². The maximum atomic E-state index is 10.6. The second-order valence-electron chi connectivity index (χ2n) is 4.32. The molecule has 80 valence electrons. The fourth-order valence-electron chi connectivity index (χ4n) is 1.20. The van der Waals surface area contributed by atoms with E-state index in [0.717, 1.165) is 5.69 Å². The van der Waals surface area contributed by atoms with Crippen molar-refractivity contribution in [3.05, 3.63) is 29.8 Å². The van der Waals surface area contributed by atoms with Crippen LogP contribution in [0, 0.1) is 0 Å². The molecule has 0 atom stereocenters. The number of benzene rings is 1. The summed E-state index contributed by atoms with van der Waals surface area (Å²) >= 11 is 0. The van der Waals surface area contributed by atoms with Crippen LogP contribution in [0.5, 0.6) is 0 Å². The standard InChI is InChI=1S/C11H16N2O.2H2/c1-11(2,3)8-4-6-9(7-5-8)13-10(12)14;;/h4-7H,1-3H3,(H3,12,13,14);2*1H. The zero-order valence-corrected chi connectivity index (χ0v) is 8.79. The lowest BCUT2D eigenvalue weighted by molar-refractivity contribution is 0.259. The number of rotatable bonds is 1. The minimum Gasteiger partial charge on any atom is -0.351 e. The third kappa shape index (κ3) is 2.76. The summed E-state index contributed by atoms with van der Waals surface area (Å²) in [6.45, 7) is 6.43. The van der Waals surface area contributed by atoms with E-state index in [4.69, 9.17) is 5.73 Å². The number of hydrogen-bond donors (Lipinski definition) is 2. The fourth-order valence-corrected chi connectivity index (χ4v) is 1.20. The van der Waals surface area contributed by atoms with Crippen LogP contribution in [0.4, 0.5) is 10.5 Å². The Labute approximate surface area is 87.3 Å². The topological polar surface area (TPSA) is 55.1 Å². The highest BCUT2D eigenvalue weighted by Gasteiger charge is 2.12. The third-order valence-electron chi connectivity index (χ3n) is 2.02. The van der Waals surface area contributed by atoms with Gasteiger partial charge in [0.25, 0.3) is 0 Å². The minimum absolute atomic E-state index is 0. The van der Waals surface area contributed by atoms with Crippen molar-refractivity contribution in [2.24, 2.45) is 5.73 Å². The second kappa shape index (κ2) is 3.70. The summed E-state index contributed by atoms with van der Waals surface area (Å²) in [4.78, 5) is 10.6. The number of hydrogen-bond acceptors (Lipinski definition) is 1. The summed E-state index contributed by atoms with van der Waals surface area (Å²) in [6, 6.07) is 7.15. The number of amides is 2. The Hall–Kier alpha value is -1.51. The molecule has 0 aliphatic heterocycles. The lowest BCUT2D eigenvalue weighted by atomic mass is 9.87. The molecule has 1 aromatic carbocycles. The number of anilines is 1. The van der Waals surface area contributed by atoms with Crippen LogP contribution in [0.3, 0.4) is 0 Å². The Balaban J connectivity index is 0. The van der Waals surface area contributed by atoms with Gasteiger partial charge in [0.2, 0.25) is 0 Å². The maximum absolute atomic E-state index is 10.6. The van der Waals surface area contributed by atoms with Crippen LogP contribution in [0.2, 0.25) is 0 Å². The van der Waals surface area contributed by atoms with Gasteiger partial charge in [-0.1, -0.05) is 32.9 Å². The first-order chi connectivity index (χ1) is 6.39. The zero-order chi connectivity index (χ0) is 10.8. The molecule has 0 fully saturated rings. The van der Waals surface area contributed by atoms with Gasteiger partial charge in [0.15, 0.2) is 0 Å². The van der Waals surface area contributed by atoms with E-state index in [-0.39, 0.29) is 8.27 Å². The SMILES string of the molecule is CC(C)(C)c1ccc(NC(N)=O)cc1.[HH].[HH]. The lowest BCUT2D eigenvalue weighted by Gasteiger charge is -2.19. The summed E-state index contributed by atoms with van der Waals surface area (Å²) in [5, 5.41) is 2.52. The van der Waals surface area contributed by atoms with Crippen LogP contribution in [-0.4, -0.2) is 6.03 Å². The highest BCUT2D eigenvalue weighted by atomic mass is 16.2. The third-order valence-corrected chi connectivity index (χ3v) is 2.02. The first kappa shape index (κ1) is 10.6. The minimum atomic E-state index is -0.534. The number of carbonyl (C=O) groups excluding carboxylic acids is 1. The summed E-state index contributed by atoms with van der Waals surface area (Å²) in [5.74, 6) is 0. The molecule has 3 nitrogen and oxygen atoms in total. The largest absolute Gasteiger partial charge is 0.351 e. The van der Waals surface area contributed by atoms with E-state index < -0.39 is 6.03 Å². The molecular weight excluding hydrogens is 176 g/mol. The Morgan fingerprint density at radius 2 is 1.79 bits per heavy atom. The van der Waals surface area contributed by atoms with Crippen molar-refractivity contribution in [2.45, 2.75) is 26.2 Å². The molecule has 1 aromatic rings. The molecule has 0 radical (unpaired) electrons. The summed E-state index contributed by atoms with van der Waals surface area (Å²) < 4.78 is 0. The van der Waals surface area contributed by atoms with Gasteiger partial charge in [-0.2, -0.15) is 0 Å². The Morgan fingerprint density at radius 1 is 1.29 bits per heavy atom. The smallest absolute Gasteiger partial charge is 0.316 e. The molecule has 3 N–H and O–H groups in total. The van der Waals surface area contributed by atoms with Gasteiger partial charge in [0.1, 0.15) is 0 Å². The Morgan fingerprint density at radius 3 is 2.14 bits per heavy atom. The van der Waals surface area contributed by atoms with Crippen molar-refractivity contribution in [1.29, 1.82) is 0 Å². The van der Waals surface area contributed by atoms with Gasteiger partial charge in [-0.25, -0.2) is 4.79 Å². The van der Waals surface area contributed by atoms with E-state index in [9.17, 15) is 4.79 Å². The van der Waals surface area contributed by atoms with E-state index >= 15 is 0 Å². The van der Waals surface area contributed by atoms with Crippen LogP contribution in [0.1, 0.15) is 29.2 Å². The molecule has 14 heavy (non-hydrogen) atoms. The first-order valence-corrected chi connectivity index (χ1v) is 4.56. The molecule has 0 saturated carbocycles. The van der Waals surface area contributed by atoms with Crippen LogP contribution < -0.4 is 11.1 Å². The predicted molar refractivity (Wildman–Crippen MR) is 62.6 cm³/mol. The number of primary amides is 1. The van der Waals surface area contributed by atoms with Crippen molar-refractivity contribution in [1.82, 2.24) is 0 Å². The normalized spacial score (nSPS) is 11.1. The lowest BCUT2D eigenvalue weighted by Crippen LogP contribution is -2.19.